The van der Waals surface area contributed by atoms with Crippen LogP contribution in [0, 0.1) is 0 Å². The molecule has 1 aliphatic rings. The van der Waals surface area contributed by atoms with Crippen molar-refractivity contribution >= 4 is 5.91 Å². The van der Waals surface area contributed by atoms with Gasteiger partial charge < -0.3 is 9.84 Å². The topological polar surface area (TPSA) is 85.8 Å². The van der Waals surface area contributed by atoms with Crippen molar-refractivity contribution in [3.63, 3.8) is 0 Å². The molecule has 0 aliphatic heterocycles. The van der Waals surface area contributed by atoms with E-state index in [1.54, 1.807) is 29.3 Å². The summed E-state index contributed by atoms with van der Waals surface area (Å²) < 4.78 is 7.00. The standard InChI is InChI=1S/C17H17N5O2/c1-22-15(4-5-20-22)13-6-11(8-18-10-13)9-19-17(23)14-7-16(24-21-14)12-2-3-12/h4-8,10,12H,2-3,9H2,1H3,(H,19,23). The molecular weight excluding hydrogens is 306 g/mol. The minimum absolute atomic E-state index is 0.239. The van der Waals surface area contributed by atoms with E-state index in [2.05, 4.69) is 20.6 Å². The molecule has 0 atom stereocenters. The summed E-state index contributed by atoms with van der Waals surface area (Å²) in [5, 5.41) is 10.9. The van der Waals surface area contributed by atoms with Crippen molar-refractivity contribution in [1.29, 1.82) is 0 Å². The average molecular weight is 323 g/mol. The van der Waals surface area contributed by atoms with Crippen LogP contribution in [0.25, 0.3) is 11.3 Å². The van der Waals surface area contributed by atoms with Crippen molar-refractivity contribution in [3.8, 4) is 11.3 Å². The first-order valence-electron chi connectivity index (χ1n) is 7.88. The lowest BCUT2D eigenvalue weighted by Gasteiger charge is -2.06. The molecule has 0 radical (unpaired) electrons. The van der Waals surface area contributed by atoms with Gasteiger partial charge in [-0.25, -0.2) is 0 Å². The van der Waals surface area contributed by atoms with Crippen LogP contribution in [0.4, 0.5) is 0 Å². The van der Waals surface area contributed by atoms with E-state index in [9.17, 15) is 4.79 Å². The zero-order valence-electron chi connectivity index (χ0n) is 13.3. The fraction of sp³-hybridized carbons (Fsp3) is 0.294. The summed E-state index contributed by atoms with van der Waals surface area (Å²) in [6, 6.07) is 5.65. The van der Waals surface area contributed by atoms with Crippen LogP contribution < -0.4 is 5.32 Å². The van der Waals surface area contributed by atoms with E-state index >= 15 is 0 Å². The van der Waals surface area contributed by atoms with E-state index in [0.29, 0.717) is 18.2 Å². The van der Waals surface area contributed by atoms with E-state index in [1.807, 2.05) is 19.2 Å². The number of nitrogens with one attached hydrogen (secondary N) is 1. The lowest BCUT2D eigenvalue weighted by Crippen LogP contribution is -2.23. The average Bonchev–Trinajstić information content (AvgIpc) is 3.16. The highest BCUT2D eigenvalue weighted by Gasteiger charge is 2.28. The molecule has 0 saturated heterocycles. The maximum absolute atomic E-state index is 12.2. The van der Waals surface area contributed by atoms with Crippen molar-refractivity contribution in [1.82, 2.24) is 25.2 Å². The van der Waals surface area contributed by atoms with Gasteiger partial charge in [-0.2, -0.15) is 5.10 Å². The van der Waals surface area contributed by atoms with Crippen LogP contribution in [0.15, 0.2) is 41.3 Å². The second-order valence-corrected chi connectivity index (χ2v) is 5.99. The molecule has 1 fully saturated rings. The van der Waals surface area contributed by atoms with E-state index in [1.165, 1.54) is 0 Å². The minimum atomic E-state index is -0.239. The molecule has 7 nitrogen and oxygen atoms in total. The van der Waals surface area contributed by atoms with Crippen LogP contribution in [-0.2, 0) is 13.6 Å². The number of hydrogen-bond donors (Lipinski definition) is 1. The highest BCUT2D eigenvalue weighted by atomic mass is 16.5. The van der Waals surface area contributed by atoms with Gasteiger partial charge in [0.05, 0.1) is 5.69 Å². The van der Waals surface area contributed by atoms with Crippen molar-refractivity contribution < 1.29 is 9.32 Å². The summed E-state index contributed by atoms with van der Waals surface area (Å²) >= 11 is 0. The van der Waals surface area contributed by atoms with Crippen LogP contribution >= 0.6 is 0 Å². The number of carbonyl (C=O) groups is 1. The maximum Gasteiger partial charge on any atom is 0.273 e. The Balaban J connectivity index is 1.43. The highest BCUT2D eigenvalue weighted by molar-refractivity contribution is 5.92. The van der Waals surface area contributed by atoms with Crippen LogP contribution in [0.1, 0.15) is 40.6 Å². The first kappa shape index (κ1) is 14.6. The van der Waals surface area contributed by atoms with Crippen molar-refractivity contribution in [2.24, 2.45) is 7.05 Å². The molecule has 24 heavy (non-hydrogen) atoms. The van der Waals surface area contributed by atoms with Crippen molar-refractivity contribution in [2.75, 3.05) is 0 Å². The number of rotatable bonds is 5. The minimum Gasteiger partial charge on any atom is -0.360 e. The number of aryl methyl sites for hydroxylation is 1. The third-order valence-electron chi connectivity index (χ3n) is 4.11. The van der Waals surface area contributed by atoms with Gasteiger partial charge in [0.2, 0.25) is 0 Å². The number of pyridine rings is 1. The monoisotopic (exact) mass is 323 g/mol. The second kappa shape index (κ2) is 5.92. The Kier molecular flexibility index (Phi) is 3.60. The van der Waals surface area contributed by atoms with E-state index < -0.39 is 0 Å². The van der Waals surface area contributed by atoms with E-state index in [4.69, 9.17) is 4.52 Å². The van der Waals surface area contributed by atoms with E-state index in [0.717, 1.165) is 35.4 Å². The molecule has 1 saturated carbocycles. The van der Waals surface area contributed by atoms with Gasteiger partial charge in [-0.3, -0.25) is 14.5 Å². The molecule has 1 N–H and O–H groups in total. The van der Waals surface area contributed by atoms with Gasteiger partial charge in [0.25, 0.3) is 5.91 Å². The van der Waals surface area contributed by atoms with E-state index in [-0.39, 0.29) is 5.91 Å². The number of hydrogen-bond acceptors (Lipinski definition) is 5. The van der Waals surface area contributed by atoms with Crippen LogP contribution in [-0.4, -0.2) is 25.8 Å². The first-order chi connectivity index (χ1) is 11.7. The van der Waals surface area contributed by atoms with Gasteiger partial charge in [-0.05, 0) is 30.5 Å². The highest BCUT2D eigenvalue weighted by Crippen LogP contribution is 2.40. The Morgan fingerprint density at radius 1 is 1.38 bits per heavy atom. The molecule has 7 heteroatoms. The molecule has 1 aliphatic carbocycles. The third-order valence-corrected chi connectivity index (χ3v) is 4.11. The summed E-state index contributed by atoms with van der Waals surface area (Å²) in [6.45, 7) is 0.378. The predicted molar refractivity (Wildman–Crippen MR) is 86.1 cm³/mol. The van der Waals surface area contributed by atoms with Gasteiger partial charge in [0.15, 0.2) is 5.69 Å². The van der Waals surface area contributed by atoms with Crippen molar-refractivity contribution in [2.45, 2.75) is 25.3 Å². The quantitative estimate of drug-likeness (QED) is 0.778. The lowest BCUT2D eigenvalue weighted by molar-refractivity contribution is 0.0941. The zero-order valence-corrected chi connectivity index (χ0v) is 13.3. The summed E-state index contributed by atoms with van der Waals surface area (Å²) in [5.41, 5.74) is 3.17. The van der Waals surface area contributed by atoms with Crippen LogP contribution in [0.5, 0.6) is 0 Å². The molecule has 3 heterocycles. The van der Waals surface area contributed by atoms with Gasteiger partial charge in [-0.15, -0.1) is 0 Å². The summed E-state index contributed by atoms with van der Waals surface area (Å²) in [7, 11) is 1.88. The first-order valence-corrected chi connectivity index (χ1v) is 7.88. The molecule has 3 aromatic rings. The summed E-state index contributed by atoms with van der Waals surface area (Å²) in [6.07, 6.45) is 7.48. The number of nitrogens with zero attached hydrogens (tertiary/aromatic N) is 4. The lowest BCUT2D eigenvalue weighted by atomic mass is 10.1. The smallest absolute Gasteiger partial charge is 0.273 e. The molecule has 0 spiro atoms. The summed E-state index contributed by atoms with van der Waals surface area (Å²) in [5.74, 6) is 1.01. The molecule has 122 valence electrons. The fourth-order valence-electron chi connectivity index (χ4n) is 2.61. The van der Waals surface area contributed by atoms with Gasteiger partial charge >= 0.3 is 0 Å². The summed E-state index contributed by atoms with van der Waals surface area (Å²) in [4.78, 5) is 16.4. The van der Waals surface area contributed by atoms with Crippen LogP contribution in [0.3, 0.4) is 0 Å². The molecule has 3 aromatic heterocycles. The Bertz CT molecular complexity index is 879. The third kappa shape index (κ3) is 2.92. The van der Waals surface area contributed by atoms with Gasteiger partial charge in [0.1, 0.15) is 5.76 Å². The fourth-order valence-corrected chi connectivity index (χ4v) is 2.61. The zero-order chi connectivity index (χ0) is 16.5. The maximum atomic E-state index is 12.2. The molecule has 0 aromatic carbocycles. The largest absolute Gasteiger partial charge is 0.360 e. The molecule has 0 bridgehead atoms. The van der Waals surface area contributed by atoms with Crippen molar-refractivity contribution in [3.05, 3.63) is 53.8 Å². The molecular formula is C17H17N5O2. The predicted octanol–water partition coefficient (Wildman–Crippen LogP) is 2.28. The normalized spacial score (nSPS) is 13.9. The Hall–Kier alpha value is -2.96. The second-order valence-electron chi connectivity index (χ2n) is 5.99. The Morgan fingerprint density at radius 3 is 3.00 bits per heavy atom. The number of aromatic nitrogens is 4. The molecule has 4 rings (SSSR count). The number of amides is 1. The number of carbonyl (C=O) groups excluding carboxylic acids is 1. The Morgan fingerprint density at radius 2 is 2.25 bits per heavy atom. The molecule has 0 unspecified atom stereocenters. The Labute approximate surface area is 138 Å². The van der Waals surface area contributed by atoms with Gasteiger partial charge in [-0.1, -0.05) is 5.16 Å². The van der Waals surface area contributed by atoms with Gasteiger partial charge in [0, 0.05) is 49.7 Å². The molecule has 1 amide bonds. The van der Waals surface area contributed by atoms with Crippen LogP contribution in [0.2, 0.25) is 0 Å². The SMILES string of the molecule is Cn1nccc1-c1cncc(CNC(=O)c2cc(C3CC3)on2)c1.